The number of amides is 1. The lowest BCUT2D eigenvalue weighted by atomic mass is 10.1. The average molecular weight is 377 g/mol. The zero-order chi connectivity index (χ0) is 19.1. The SMILES string of the molecule is CCOC(=O)c1cc(C(=O)NCCc2ccc(Cl)cc2)cc([N+](=O)[O-])c1. The van der Waals surface area contributed by atoms with E-state index in [1.54, 1.807) is 19.1 Å². The highest BCUT2D eigenvalue weighted by Crippen LogP contribution is 2.18. The highest BCUT2D eigenvalue weighted by molar-refractivity contribution is 6.30. The number of nitrogens with zero attached hydrogens (tertiary/aromatic N) is 1. The molecular weight excluding hydrogens is 360 g/mol. The molecule has 0 bridgehead atoms. The van der Waals surface area contributed by atoms with E-state index in [9.17, 15) is 19.7 Å². The quantitative estimate of drug-likeness (QED) is 0.453. The monoisotopic (exact) mass is 376 g/mol. The molecule has 136 valence electrons. The summed E-state index contributed by atoms with van der Waals surface area (Å²) in [4.78, 5) is 34.5. The lowest BCUT2D eigenvalue weighted by molar-refractivity contribution is -0.384. The lowest BCUT2D eigenvalue weighted by Crippen LogP contribution is -2.26. The van der Waals surface area contributed by atoms with Crippen LogP contribution in [0.25, 0.3) is 0 Å². The zero-order valence-electron chi connectivity index (χ0n) is 14.0. The molecule has 0 atom stereocenters. The minimum atomic E-state index is -0.716. The van der Waals surface area contributed by atoms with Crippen molar-refractivity contribution in [3.8, 4) is 0 Å². The molecule has 0 saturated heterocycles. The largest absolute Gasteiger partial charge is 0.462 e. The molecule has 0 aliphatic rings. The third-order valence-electron chi connectivity index (χ3n) is 3.51. The number of rotatable bonds is 7. The first kappa shape index (κ1) is 19.4. The molecule has 0 saturated carbocycles. The summed E-state index contributed by atoms with van der Waals surface area (Å²) in [6.45, 7) is 2.08. The highest BCUT2D eigenvalue weighted by Gasteiger charge is 2.18. The number of nitrogens with one attached hydrogen (secondary N) is 1. The minimum Gasteiger partial charge on any atom is -0.462 e. The summed E-state index contributed by atoms with van der Waals surface area (Å²) >= 11 is 5.82. The first-order valence-corrected chi connectivity index (χ1v) is 8.27. The number of nitro benzene ring substituents is 1. The van der Waals surface area contributed by atoms with Crippen molar-refractivity contribution in [3.05, 3.63) is 74.3 Å². The van der Waals surface area contributed by atoms with Crippen LogP contribution in [0.2, 0.25) is 5.02 Å². The van der Waals surface area contributed by atoms with Crippen LogP contribution in [0.3, 0.4) is 0 Å². The van der Waals surface area contributed by atoms with Crippen molar-refractivity contribution < 1.29 is 19.2 Å². The van der Waals surface area contributed by atoms with Crippen LogP contribution in [-0.2, 0) is 11.2 Å². The van der Waals surface area contributed by atoms with Gasteiger partial charge in [0.25, 0.3) is 11.6 Å². The molecule has 0 unspecified atom stereocenters. The van der Waals surface area contributed by atoms with E-state index in [1.807, 2.05) is 12.1 Å². The van der Waals surface area contributed by atoms with E-state index in [4.69, 9.17) is 16.3 Å². The highest BCUT2D eigenvalue weighted by atomic mass is 35.5. The van der Waals surface area contributed by atoms with E-state index in [0.717, 1.165) is 17.7 Å². The summed E-state index contributed by atoms with van der Waals surface area (Å²) in [6.07, 6.45) is 0.572. The second kappa shape index (κ2) is 8.96. The third-order valence-corrected chi connectivity index (χ3v) is 3.77. The molecule has 1 amide bonds. The normalized spacial score (nSPS) is 10.2. The van der Waals surface area contributed by atoms with E-state index in [1.165, 1.54) is 6.07 Å². The molecule has 0 fully saturated rings. The minimum absolute atomic E-state index is 0.0263. The van der Waals surface area contributed by atoms with E-state index in [0.29, 0.717) is 18.0 Å². The van der Waals surface area contributed by atoms with Crippen molar-refractivity contribution in [2.45, 2.75) is 13.3 Å². The van der Waals surface area contributed by atoms with Gasteiger partial charge in [-0.25, -0.2) is 4.79 Å². The maximum atomic E-state index is 12.3. The van der Waals surface area contributed by atoms with Gasteiger partial charge in [0, 0.05) is 29.3 Å². The fraction of sp³-hybridized carbons (Fsp3) is 0.222. The van der Waals surface area contributed by atoms with Crippen LogP contribution in [0.5, 0.6) is 0 Å². The third kappa shape index (κ3) is 5.29. The topological polar surface area (TPSA) is 98.5 Å². The second-order valence-electron chi connectivity index (χ2n) is 5.38. The van der Waals surface area contributed by atoms with Gasteiger partial charge in [0.15, 0.2) is 0 Å². The van der Waals surface area contributed by atoms with Gasteiger partial charge in [-0.05, 0) is 37.1 Å². The van der Waals surface area contributed by atoms with Crippen molar-refractivity contribution in [1.29, 1.82) is 0 Å². The molecule has 0 aliphatic carbocycles. The van der Waals surface area contributed by atoms with Crippen LogP contribution in [0, 0.1) is 10.1 Å². The molecular formula is C18H17ClN2O5. The van der Waals surface area contributed by atoms with Crippen molar-refractivity contribution in [3.63, 3.8) is 0 Å². The first-order chi connectivity index (χ1) is 12.4. The molecule has 0 heterocycles. The van der Waals surface area contributed by atoms with Crippen molar-refractivity contribution in [2.75, 3.05) is 13.2 Å². The fourth-order valence-corrected chi connectivity index (χ4v) is 2.38. The number of benzene rings is 2. The Kier molecular flexibility index (Phi) is 6.68. The van der Waals surface area contributed by atoms with Crippen LogP contribution in [-0.4, -0.2) is 30.0 Å². The summed E-state index contributed by atoms with van der Waals surface area (Å²) in [5, 5.41) is 14.4. The van der Waals surface area contributed by atoms with Crippen LogP contribution < -0.4 is 5.32 Å². The van der Waals surface area contributed by atoms with Crippen molar-refractivity contribution in [2.24, 2.45) is 0 Å². The van der Waals surface area contributed by atoms with Gasteiger partial charge in [-0.15, -0.1) is 0 Å². The molecule has 2 aromatic carbocycles. The molecule has 0 spiro atoms. The van der Waals surface area contributed by atoms with Crippen molar-refractivity contribution in [1.82, 2.24) is 5.32 Å². The smallest absolute Gasteiger partial charge is 0.338 e. The van der Waals surface area contributed by atoms with Gasteiger partial charge >= 0.3 is 5.97 Å². The van der Waals surface area contributed by atoms with Crippen molar-refractivity contribution >= 4 is 29.2 Å². The van der Waals surface area contributed by atoms with Crippen LogP contribution >= 0.6 is 11.6 Å². The number of carbonyl (C=O) groups excluding carboxylic acids is 2. The van der Waals surface area contributed by atoms with Gasteiger partial charge in [-0.1, -0.05) is 23.7 Å². The Morgan fingerprint density at radius 2 is 1.81 bits per heavy atom. The van der Waals surface area contributed by atoms with E-state index >= 15 is 0 Å². The molecule has 8 heteroatoms. The number of nitro groups is 1. The van der Waals surface area contributed by atoms with E-state index in [2.05, 4.69) is 5.32 Å². The van der Waals surface area contributed by atoms with Gasteiger partial charge < -0.3 is 10.1 Å². The number of halogens is 1. The molecule has 0 aliphatic heterocycles. The Morgan fingerprint density at radius 3 is 2.42 bits per heavy atom. The van der Waals surface area contributed by atoms with Gasteiger partial charge in [-0.3, -0.25) is 14.9 Å². The van der Waals surface area contributed by atoms with Gasteiger partial charge in [0.05, 0.1) is 17.1 Å². The first-order valence-electron chi connectivity index (χ1n) is 7.90. The van der Waals surface area contributed by atoms with E-state index in [-0.39, 0.29) is 23.4 Å². The Bertz CT molecular complexity index is 821. The van der Waals surface area contributed by atoms with Gasteiger partial charge in [-0.2, -0.15) is 0 Å². The zero-order valence-corrected chi connectivity index (χ0v) is 14.8. The summed E-state index contributed by atoms with van der Waals surface area (Å²) < 4.78 is 4.84. The Morgan fingerprint density at radius 1 is 1.15 bits per heavy atom. The van der Waals surface area contributed by atoms with Gasteiger partial charge in [0.1, 0.15) is 0 Å². The molecule has 2 rings (SSSR count). The summed E-state index contributed by atoms with van der Waals surface area (Å²) in [6, 6.07) is 10.7. The van der Waals surface area contributed by atoms with Crippen LogP contribution in [0.15, 0.2) is 42.5 Å². The van der Waals surface area contributed by atoms with E-state index < -0.39 is 16.8 Å². The van der Waals surface area contributed by atoms with Crippen LogP contribution in [0.1, 0.15) is 33.2 Å². The maximum Gasteiger partial charge on any atom is 0.338 e. The molecule has 0 aromatic heterocycles. The number of hydrogen-bond donors (Lipinski definition) is 1. The summed E-state index contributed by atoms with van der Waals surface area (Å²) in [5.41, 5.74) is 0.626. The maximum absolute atomic E-state index is 12.3. The Balaban J connectivity index is 2.09. The molecule has 1 N–H and O–H groups in total. The fourth-order valence-electron chi connectivity index (χ4n) is 2.25. The summed E-state index contributed by atoms with van der Waals surface area (Å²) in [5.74, 6) is -1.22. The number of ether oxygens (including phenoxy) is 1. The average Bonchev–Trinajstić information content (AvgIpc) is 2.63. The standard InChI is InChI=1S/C18H17ClN2O5/c1-2-26-18(23)14-9-13(10-16(11-14)21(24)25)17(22)20-8-7-12-3-5-15(19)6-4-12/h3-6,9-11H,2,7-8H2,1H3,(H,20,22). The van der Waals surface area contributed by atoms with Gasteiger partial charge in [0.2, 0.25) is 0 Å². The number of carbonyl (C=O) groups is 2. The predicted octanol–water partition coefficient (Wildman–Crippen LogP) is 3.40. The second-order valence-corrected chi connectivity index (χ2v) is 5.81. The lowest BCUT2D eigenvalue weighted by Gasteiger charge is -2.08. The number of non-ortho nitro benzene ring substituents is 1. The molecule has 0 radical (unpaired) electrons. The predicted molar refractivity (Wildman–Crippen MR) is 96.5 cm³/mol. The molecule has 2 aromatic rings. The summed E-state index contributed by atoms with van der Waals surface area (Å²) in [7, 11) is 0. The Hall–Kier alpha value is -2.93. The number of esters is 1. The number of hydrogen-bond acceptors (Lipinski definition) is 5. The molecule has 26 heavy (non-hydrogen) atoms. The Labute approximate surface area is 155 Å². The molecule has 7 nitrogen and oxygen atoms in total. The van der Waals surface area contributed by atoms with Crippen LogP contribution in [0.4, 0.5) is 5.69 Å².